The molecule has 0 heterocycles. The predicted molar refractivity (Wildman–Crippen MR) is 117 cm³/mol. The summed E-state index contributed by atoms with van der Waals surface area (Å²) in [7, 11) is 0. The molecule has 0 aliphatic rings. The number of benzene rings is 1. The van der Waals surface area contributed by atoms with Gasteiger partial charge < -0.3 is 20.7 Å². The molecule has 3 N–H and O–H groups in total. The second-order valence-corrected chi connectivity index (χ2v) is 5.92. The van der Waals surface area contributed by atoms with Gasteiger partial charge in [0.25, 0.3) is 5.91 Å². The Bertz CT molecular complexity index is 512. The van der Waals surface area contributed by atoms with Crippen molar-refractivity contribution in [3.05, 3.63) is 34.3 Å². The first-order valence-corrected chi connectivity index (χ1v) is 9.10. The van der Waals surface area contributed by atoms with Crippen molar-refractivity contribution >= 4 is 51.8 Å². The average Bonchev–Trinajstić information content (AvgIpc) is 2.58. The summed E-state index contributed by atoms with van der Waals surface area (Å²) in [5.41, 5.74) is 0.660. The van der Waals surface area contributed by atoms with Crippen LogP contribution in [0.4, 0.5) is 0 Å². The van der Waals surface area contributed by atoms with Gasteiger partial charge in [-0.2, -0.15) is 0 Å². The van der Waals surface area contributed by atoms with E-state index in [0.717, 1.165) is 29.9 Å². The summed E-state index contributed by atoms with van der Waals surface area (Å²) in [5.74, 6) is 0.713. The maximum atomic E-state index is 12.0. The van der Waals surface area contributed by atoms with Gasteiger partial charge in [0.1, 0.15) is 0 Å². The number of carbonyl (C=O) groups excluding carboxylic acids is 1. The van der Waals surface area contributed by atoms with Crippen molar-refractivity contribution in [1.82, 2.24) is 16.0 Å². The van der Waals surface area contributed by atoms with Gasteiger partial charge in [-0.15, -0.1) is 24.0 Å². The molecule has 0 fully saturated rings. The Balaban J connectivity index is 0.00000576. The molecule has 1 aromatic carbocycles. The summed E-state index contributed by atoms with van der Waals surface area (Å²) >= 11 is 3.35. The van der Waals surface area contributed by atoms with E-state index in [9.17, 15) is 4.79 Å². The molecule has 0 spiro atoms. The molecule has 8 heteroatoms. The van der Waals surface area contributed by atoms with E-state index in [4.69, 9.17) is 4.74 Å². The summed E-state index contributed by atoms with van der Waals surface area (Å²) in [6, 6.07) is 7.30. The highest BCUT2D eigenvalue weighted by Gasteiger charge is 2.03. The summed E-state index contributed by atoms with van der Waals surface area (Å²) in [6.45, 7) is 8.14. The number of carbonyl (C=O) groups is 1. The Morgan fingerprint density at radius 2 is 1.84 bits per heavy atom. The van der Waals surface area contributed by atoms with Crippen molar-refractivity contribution < 1.29 is 9.53 Å². The number of hydrogen-bond acceptors (Lipinski definition) is 3. The second-order valence-electron chi connectivity index (χ2n) is 5.00. The van der Waals surface area contributed by atoms with Crippen molar-refractivity contribution in [3.63, 3.8) is 0 Å². The Hall–Kier alpha value is -0.870. The SMILES string of the molecule is CCNC(=NCCCNC(=O)c1ccc(Br)cc1)NCCOCC.I. The lowest BCUT2D eigenvalue weighted by Crippen LogP contribution is -2.39. The molecule has 0 saturated carbocycles. The van der Waals surface area contributed by atoms with Crippen LogP contribution in [0, 0.1) is 0 Å². The molecule has 1 amide bonds. The number of amides is 1. The standard InChI is InChI=1S/C17H27BrN4O2.HI/c1-3-19-17(22-12-13-24-4-2)21-11-5-10-20-16(23)14-6-8-15(18)9-7-14;/h6-9H,3-5,10-13H2,1-2H3,(H,20,23)(H2,19,21,22);1H. The molecular formula is C17H28BrIN4O2. The van der Waals surface area contributed by atoms with Crippen LogP contribution in [0.3, 0.4) is 0 Å². The van der Waals surface area contributed by atoms with E-state index < -0.39 is 0 Å². The smallest absolute Gasteiger partial charge is 0.251 e. The van der Waals surface area contributed by atoms with Gasteiger partial charge in [-0.3, -0.25) is 9.79 Å². The van der Waals surface area contributed by atoms with Crippen LogP contribution in [0.25, 0.3) is 0 Å². The van der Waals surface area contributed by atoms with Crippen LogP contribution in [0.5, 0.6) is 0 Å². The van der Waals surface area contributed by atoms with E-state index in [1.165, 1.54) is 0 Å². The molecule has 142 valence electrons. The lowest BCUT2D eigenvalue weighted by molar-refractivity contribution is 0.0953. The highest BCUT2D eigenvalue weighted by molar-refractivity contribution is 14.0. The number of nitrogens with one attached hydrogen (secondary N) is 3. The predicted octanol–water partition coefficient (Wildman–Crippen LogP) is 2.78. The number of halogens is 2. The summed E-state index contributed by atoms with van der Waals surface area (Å²) in [6.07, 6.45) is 0.782. The van der Waals surface area contributed by atoms with Gasteiger partial charge in [0.2, 0.25) is 0 Å². The zero-order chi connectivity index (χ0) is 17.6. The summed E-state index contributed by atoms with van der Waals surface area (Å²) in [4.78, 5) is 16.4. The molecule has 0 atom stereocenters. The normalized spacial score (nSPS) is 10.8. The maximum Gasteiger partial charge on any atom is 0.251 e. The summed E-state index contributed by atoms with van der Waals surface area (Å²) < 4.78 is 6.24. The monoisotopic (exact) mass is 526 g/mol. The van der Waals surface area contributed by atoms with Crippen LogP contribution in [0.1, 0.15) is 30.6 Å². The first kappa shape index (κ1) is 24.1. The Kier molecular flexibility index (Phi) is 14.9. The largest absolute Gasteiger partial charge is 0.380 e. The molecule has 6 nitrogen and oxygen atoms in total. The van der Waals surface area contributed by atoms with Crippen LogP contribution >= 0.6 is 39.9 Å². The van der Waals surface area contributed by atoms with E-state index in [1.54, 1.807) is 12.1 Å². The van der Waals surface area contributed by atoms with E-state index in [0.29, 0.717) is 31.9 Å². The average molecular weight is 527 g/mol. The second kappa shape index (κ2) is 15.4. The highest BCUT2D eigenvalue weighted by atomic mass is 127. The van der Waals surface area contributed by atoms with Gasteiger partial charge in [0, 0.05) is 42.8 Å². The van der Waals surface area contributed by atoms with E-state index in [1.807, 2.05) is 26.0 Å². The third kappa shape index (κ3) is 11.4. The van der Waals surface area contributed by atoms with Crippen LogP contribution in [-0.2, 0) is 4.74 Å². The zero-order valence-electron chi connectivity index (χ0n) is 14.8. The molecule has 0 bridgehead atoms. The fourth-order valence-electron chi connectivity index (χ4n) is 1.90. The molecule has 1 rings (SSSR count). The number of guanidine groups is 1. The molecule has 0 aromatic heterocycles. The fourth-order valence-corrected chi connectivity index (χ4v) is 2.17. The van der Waals surface area contributed by atoms with Gasteiger partial charge in [0.15, 0.2) is 5.96 Å². The number of aliphatic imine (C=N–C) groups is 1. The van der Waals surface area contributed by atoms with Crippen LogP contribution in [-0.4, -0.2) is 51.3 Å². The number of rotatable bonds is 10. The summed E-state index contributed by atoms with van der Waals surface area (Å²) in [5, 5.41) is 9.29. The highest BCUT2D eigenvalue weighted by Crippen LogP contribution is 2.10. The Morgan fingerprint density at radius 1 is 1.12 bits per heavy atom. The van der Waals surface area contributed by atoms with Gasteiger partial charge in [0.05, 0.1) is 6.61 Å². The molecular weight excluding hydrogens is 499 g/mol. The molecule has 0 aliphatic heterocycles. The Labute approximate surface area is 175 Å². The van der Waals surface area contributed by atoms with Gasteiger partial charge in [-0.05, 0) is 44.5 Å². The van der Waals surface area contributed by atoms with Gasteiger partial charge >= 0.3 is 0 Å². The van der Waals surface area contributed by atoms with Gasteiger partial charge in [-0.25, -0.2) is 0 Å². The van der Waals surface area contributed by atoms with Crippen molar-refractivity contribution in [2.45, 2.75) is 20.3 Å². The molecule has 25 heavy (non-hydrogen) atoms. The third-order valence-electron chi connectivity index (χ3n) is 3.08. The van der Waals surface area contributed by atoms with E-state index in [2.05, 4.69) is 36.9 Å². The molecule has 0 saturated heterocycles. The Morgan fingerprint density at radius 3 is 2.48 bits per heavy atom. The number of hydrogen-bond donors (Lipinski definition) is 3. The first-order chi connectivity index (χ1) is 11.7. The minimum Gasteiger partial charge on any atom is -0.380 e. The topological polar surface area (TPSA) is 74.8 Å². The van der Waals surface area contributed by atoms with Crippen LogP contribution in [0.2, 0.25) is 0 Å². The van der Waals surface area contributed by atoms with Crippen molar-refractivity contribution in [3.8, 4) is 0 Å². The maximum absolute atomic E-state index is 12.0. The van der Waals surface area contributed by atoms with Crippen molar-refractivity contribution in [2.75, 3.05) is 39.4 Å². The van der Waals surface area contributed by atoms with Crippen molar-refractivity contribution in [1.29, 1.82) is 0 Å². The molecule has 0 unspecified atom stereocenters. The molecule has 1 aromatic rings. The quantitative estimate of drug-likeness (QED) is 0.190. The molecule has 0 radical (unpaired) electrons. The minimum atomic E-state index is -0.0618. The lowest BCUT2D eigenvalue weighted by Gasteiger charge is -2.11. The van der Waals surface area contributed by atoms with Crippen LogP contribution < -0.4 is 16.0 Å². The minimum absolute atomic E-state index is 0. The zero-order valence-corrected chi connectivity index (χ0v) is 18.7. The number of ether oxygens (including phenoxy) is 1. The fraction of sp³-hybridized carbons (Fsp3) is 0.529. The number of nitrogens with zero attached hydrogens (tertiary/aromatic N) is 1. The van der Waals surface area contributed by atoms with Crippen LogP contribution in [0.15, 0.2) is 33.7 Å². The molecule has 0 aliphatic carbocycles. The first-order valence-electron chi connectivity index (χ1n) is 8.31. The third-order valence-corrected chi connectivity index (χ3v) is 3.61. The lowest BCUT2D eigenvalue weighted by atomic mass is 10.2. The van der Waals surface area contributed by atoms with E-state index in [-0.39, 0.29) is 29.9 Å². The van der Waals surface area contributed by atoms with E-state index >= 15 is 0 Å². The van der Waals surface area contributed by atoms with Gasteiger partial charge in [-0.1, -0.05) is 15.9 Å². The van der Waals surface area contributed by atoms with Crippen molar-refractivity contribution in [2.24, 2.45) is 4.99 Å².